The average Bonchev–Trinajstić information content (AvgIpc) is 2.29. The SMILES string of the molecule is OCCN1CCOc2cc(CO)ccc21. The summed E-state index contributed by atoms with van der Waals surface area (Å²) in [6, 6.07) is 5.65. The third kappa shape index (κ3) is 2.06. The lowest BCUT2D eigenvalue weighted by Crippen LogP contribution is -2.34. The molecule has 0 aromatic heterocycles. The van der Waals surface area contributed by atoms with Gasteiger partial charge in [0.1, 0.15) is 12.4 Å². The molecule has 0 aliphatic carbocycles. The number of ether oxygens (including phenoxy) is 1. The first-order chi connectivity index (χ1) is 7.35. The van der Waals surface area contributed by atoms with Crippen molar-refractivity contribution >= 4 is 5.69 Å². The van der Waals surface area contributed by atoms with Gasteiger partial charge in [0, 0.05) is 6.54 Å². The van der Waals surface area contributed by atoms with Gasteiger partial charge >= 0.3 is 0 Å². The summed E-state index contributed by atoms with van der Waals surface area (Å²) in [7, 11) is 0. The predicted molar refractivity (Wildman–Crippen MR) is 57.2 cm³/mol. The summed E-state index contributed by atoms with van der Waals surface area (Å²) in [6.45, 7) is 2.21. The third-order valence-corrected chi connectivity index (χ3v) is 2.54. The molecule has 15 heavy (non-hydrogen) atoms. The molecule has 0 spiro atoms. The van der Waals surface area contributed by atoms with Crippen LogP contribution in [0.3, 0.4) is 0 Å². The molecule has 0 unspecified atom stereocenters. The first-order valence-corrected chi connectivity index (χ1v) is 5.07. The van der Waals surface area contributed by atoms with E-state index in [0.717, 1.165) is 23.5 Å². The van der Waals surface area contributed by atoms with Crippen LogP contribution < -0.4 is 9.64 Å². The summed E-state index contributed by atoms with van der Waals surface area (Å²) in [5, 5.41) is 17.9. The molecule has 2 N–H and O–H groups in total. The van der Waals surface area contributed by atoms with E-state index in [0.29, 0.717) is 13.2 Å². The lowest BCUT2D eigenvalue weighted by Gasteiger charge is -2.30. The molecule has 82 valence electrons. The van der Waals surface area contributed by atoms with Gasteiger partial charge in [-0.2, -0.15) is 0 Å². The van der Waals surface area contributed by atoms with E-state index in [4.69, 9.17) is 14.9 Å². The smallest absolute Gasteiger partial charge is 0.143 e. The van der Waals surface area contributed by atoms with Crippen LogP contribution in [0.1, 0.15) is 5.56 Å². The van der Waals surface area contributed by atoms with Crippen LogP contribution in [-0.4, -0.2) is 36.5 Å². The lowest BCUT2D eigenvalue weighted by atomic mass is 10.1. The summed E-state index contributed by atoms with van der Waals surface area (Å²) in [5.41, 5.74) is 1.84. The molecule has 1 aromatic carbocycles. The highest BCUT2D eigenvalue weighted by Crippen LogP contribution is 2.32. The lowest BCUT2D eigenvalue weighted by molar-refractivity contribution is 0.272. The number of anilines is 1. The fourth-order valence-electron chi connectivity index (χ4n) is 1.77. The van der Waals surface area contributed by atoms with E-state index in [1.807, 2.05) is 18.2 Å². The number of β-amino-alcohol motifs (C(OH)–C–C–N with tert-alkyl or cyclic N) is 1. The van der Waals surface area contributed by atoms with E-state index >= 15 is 0 Å². The molecule has 4 heteroatoms. The Morgan fingerprint density at radius 3 is 2.93 bits per heavy atom. The van der Waals surface area contributed by atoms with E-state index in [2.05, 4.69) is 4.90 Å². The summed E-state index contributed by atoms with van der Waals surface area (Å²) in [4.78, 5) is 2.08. The fraction of sp³-hybridized carbons (Fsp3) is 0.455. The molecule has 0 fully saturated rings. The van der Waals surface area contributed by atoms with E-state index in [-0.39, 0.29) is 13.2 Å². The number of hydrogen-bond acceptors (Lipinski definition) is 4. The van der Waals surface area contributed by atoms with Gasteiger partial charge in [0.2, 0.25) is 0 Å². The monoisotopic (exact) mass is 209 g/mol. The molecule has 0 saturated heterocycles. The maximum Gasteiger partial charge on any atom is 0.143 e. The number of hydrogen-bond donors (Lipinski definition) is 2. The Morgan fingerprint density at radius 1 is 1.33 bits per heavy atom. The van der Waals surface area contributed by atoms with Crippen molar-refractivity contribution in [2.45, 2.75) is 6.61 Å². The minimum Gasteiger partial charge on any atom is -0.490 e. The molecule has 0 saturated carbocycles. The molecule has 4 nitrogen and oxygen atoms in total. The molecular formula is C11H15NO3. The highest BCUT2D eigenvalue weighted by atomic mass is 16.5. The van der Waals surface area contributed by atoms with Crippen molar-refractivity contribution in [3.63, 3.8) is 0 Å². The normalized spacial score (nSPS) is 14.7. The van der Waals surface area contributed by atoms with E-state index in [9.17, 15) is 0 Å². The molecule has 1 aliphatic rings. The van der Waals surface area contributed by atoms with Crippen LogP contribution in [0.5, 0.6) is 5.75 Å². The standard InChI is InChI=1S/C11H15NO3/c13-5-3-12-4-6-15-11-7-9(8-14)1-2-10(11)12/h1-2,7,13-14H,3-6,8H2. The van der Waals surface area contributed by atoms with Crippen molar-refractivity contribution in [2.24, 2.45) is 0 Å². The zero-order valence-electron chi connectivity index (χ0n) is 8.52. The van der Waals surface area contributed by atoms with Gasteiger partial charge in [0.15, 0.2) is 0 Å². The summed E-state index contributed by atoms with van der Waals surface area (Å²) in [6.07, 6.45) is 0. The van der Waals surface area contributed by atoms with Crippen LogP contribution in [0.4, 0.5) is 5.69 Å². The van der Waals surface area contributed by atoms with Gasteiger partial charge in [0.05, 0.1) is 25.4 Å². The molecular weight excluding hydrogens is 194 g/mol. The molecule has 1 aromatic rings. The van der Waals surface area contributed by atoms with Gasteiger partial charge in [-0.15, -0.1) is 0 Å². The van der Waals surface area contributed by atoms with Gasteiger partial charge in [0.25, 0.3) is 0 Å². The number of aliphatic hydroxyl groups is 2. The molecule has 0 amide bonds. The number of aliphatic hydroxyl groups excluding tert-OH is 2. The van der Waals surface area contributed by atoms with Gasteiger partial charge < -0.3 is 19.8 Å². The van der Waals surface area contributed by atoms with Crippen LogP contribution in [-0.2, 0) is 6.61 Å². The average molecular weight is 209 g/mol. The Kier molecular flexibility index (Phi) is 3.08. The quantitative estimate of drug-likeness (QED) is 0.755. The number of fused-ring (bicyclic) bond motifs is 1. The van der Waals surface area contributed by atoms with E-state index in [1.165, 1.54) is 0 Å². The zero-order valence-corrected chi connectivity index (χ0v) is 8.52. The Morgan fingerprint density at radius 2 is 2.20 bits per heavy atom. The Hall–Kier alpha value is -1.26. The summed E-state index contributed by atoms with van der Waals surface area (Å²) < 4.78 is 5.51. The van der Waals surface area contributed by atoms with Gasteiger partial charge in [-0.05, 0) is 17.7 Å². The minimum absolute atomic E-state index is 0.0244. The van der Waals surface area contributed by atoms with Crippen LogP contribution in [0.25, 0.3) is 0 Å². The second-order valence-corrected chi connectivity index (χ2v) is 3.52. The summed E-state index contributed by atoms with van der Waals surface area (Å²) >= 11 is 0. The largest absolute Gasteiger partial charge is 0.490 e. The second kappa shape index (κ2) is 4.51. The maximum atomic E-state index is 9.00. The Balaban J connectivity index is 2.28. The van der Waals surface area contributed by atoms with Gasteiger partial charge in [-0.3, -0.25) is 0 Å². The third-order valence-electron chi connectivity index (χ3n) is 2.54. The topological polar surface area (TPSA) is 52.9 Å². The summed E-state index contributed by atoms with van der Waals surface area (Å²) in [5.74, 6) is 0.793. The molecule has 0 atom stereocenters. The fourth-order valence-corrected chi connectivity index (χ4v) is 1.77. The maximum absolute atomic E-state index is 9.00. The van der Waals surface area contributed by atoms with Crippen LogP contribution >= 0.6 is 0 Å². The number of nitrogens with zero attached hydrogens (tertiary/aromatic N) is 1. The predicted octanol–water partition coefficient (Wildman–Crippen LogP) is 0.370. The van der Waals surface area contributed by atoms with Gasteiger partial charge in [-0.25, -0.2) is 0 Å². The van der Waals surface area contributed by atoms with Crippen molar-refractivity contribution in [1.82, 2.24) is 0 Å². The van der Waals surface area contributed by atoms with Crippen molar-refractivity contribution < 1.29 is 14.9 Å². The molecule has 1 aliphatic heterocycles. The molecule has 0 radical (unpaired) electrons. The van der Waals surface area contributed by atoms with Crippen LogP contribution in [0, 0.1) is 0 Å². The van der Waals surface area contributed by atoms with Crippen molar-refractivity contribution in [2.75, 3.05) is 31.2 Å². The minimum atomic E-state index is 0.0244. The Labute approximate surface area is 88.7 Å². The van der Waals surface area contributed by atoms with Crippen molar-refractivity contribution in [3.8, 4) is 5.75 Å². The van der Waals surface area contributed by atoms with E-state index in [1.54, 1.807) is 0 Å². The highest BCUT2D eigenvalue weighted by Gasteiger charge is 2.17. The van der Waals surface area contributed by atoms with Crippen molar-refractivity contribution in [1.29, 1.82) is 0 Å². The van der Waals surface area contributed by atoms with Crippen LogP contribution in [0.15, 0.2) is 18.2 Å². The van der Waals surface area contributed by atoms with Crippen molar-refractivity contribution in [3.05, 3.63) is 23.8 Å². The number of rotatable bonds is 3. The zero-order chi connectivity index (χ0) is 10.7. The first-order valence-electron chi connectivity index (χ1n) is 5.07. The second-order valence-electron chi connectivity index (χ2n) is 3.52. The Bertz CT molecular complexity index is 341. The molecule has 0 bridgehead atoms. The van der Waals surface area contributed by atoms with E-state index < -0.39 is 0 Å². The number of benzene rings is 1. The first kappa shape index (κ1) is 10.3. The highest BCUT2D eigenvalue weighted by molar-refractivity contribution is 5.61. The molecule has 1 heterocycles. The molecule has 2 rings (SSSR count). The van der Waals surface area contributed by atoms with Gasteiger partial charge in [-0.1, -0.05) is 6.07 Å². The van der Waals surface area contributed by atoms with Crippen LogP contribution in [0.2, 0.25) is 0 Å².